The van der Waals surface area contributed by atoms with Gasteiger partial charge in [0.2, 0.25) is 5.91 Å². The van der Waals surface area contributed by atoms with Gasteiger partial charge in [-0.15, -0.1) is 0 Å². The number of carboxylic acid groups (broad SMARTS) is 1. The fourth-order valence-electron chi connectivity index (χ4n) is 1.76. The predicted octanol–water partition coefficient (Wildman–Crippen LogP) is 1.99. The van der Waals surface area contributed by atoms with Gasteiger partial charge in [0.15, 0.2) is 0 Å². The van der Waals surface area contributed by atoms with Crippen molar-refractivity contribution in [3.63, 3.8) is 0 Å². The van der Waals surface area contributed by atoms with Crippen LogP contribution in [0.25, 0.3) is 0 Å². The minimum absolute atomic E-state index is 0.0751. The highest BCUT2D eigenvalue weighted by Crippen LogP contribution is 2.15. The number of carboxylic acids is 1. The zero-order chi connectivity index (χ0) is 14.1. The minimum Gasteiger partial charge on any atom is -0.481 e. The molecule has 1 amide bonds. The van der Waals surface area contributed by atoms with Gasteiger partial charge >= 0.3 is 5.97 Å². The van der Waals surface area contributed by atoms with Crippen molar-refractivity contribution >= 4 is 17.6 Å². The molecule has 1 rings (SSSR count). The molecule has 0 radical (unpaired) electrons. The molecule has 1 aromatic rings. The summed E-state index contributed by atoms with van der Waals surface area (Å²) in [6.07, 6.45) is 1.58. The van der Waals surface area contributed by atoms with Crippen LogP contribution in [0.4, 0.5) is 5.69 Å². The van der Waals surface area contributed by atoms with Crippen molar-refractivity contribution in [1.82, 2.24) is 5.32 Å². The van der Waals surface area contributed by atoms with Gasteiger partial charge in [-0.05, 0) is 31.5 Å². The van der Waals surface area contributed by atoms with Gasteiger partial charge in [-0.3, -0.25) is 9.59 Å². The maximum atomic E-state index is 11.7. The number of unbranched alkanes of at least 4 members (excludes halogenated alkanes) is 1. The van der Waals surface area contributed by atoms with Gasteiger partial charge in [0.05, 0.1) is 0 Å². The van der Waals surface area contributed by atoms with E-state index in [1.54, 1.807) is 0 Å². The maximum Gasteiger partial charge on any atom is 0.303 e. The molecule has 0 aromatic heterocycles. The van der Waals surface area contributed by atoms with E-state index in [2.05, 4.69) is 10.6 Å². The first-order valence-electron chi connectivity index (χ1n) is 6.37. The molecule has 3 N–H and O–H groups in total. The molecule has 0 aliphatic carbocycles. The van der Waals surface area contributed by atoms with Crippen molar-refractivity contribution in [2.45, 2.75) is 32.2 Å². The molecule has 0 spiro atoms. The average Bonchev–Trinajstić information content (AvgIpc) is 2.37. The topological polar surface area (TPSA) is 78.4 Å². The predicted molar refractivity (Wildman–Crippen MR) is 73.9 cm³/mol. The molecule has 1 aromatic carbocycles. The molecule has 0 atom stereocenters. The molecule has 0 aliphatic heterocycles. The van der Waals surface area contributed by atoms with Gasteiger partial charge < -0.3 is 15.7 Å². The summed E-state index contributed by atoms with van der Waals surface area (Å²) in [7, 11) is 1.85. The van der Waals surface area contributed by atoms with E-state index in [9.17, 15) is 9.59 Å². The summed E-state index contributed by atoms with van der Waals surface area (Å²) >= 11 is 0. The lowest BCUT2D eigenvalue weighted by molar-refractivity contribution is -0.137. The second kappa shape index (κ2) is 8.26. The Morgan fingerprint density at radius 1 is 1.16 bits per heavy atom. The van der Waals surface area contributed by atoms with Crippen LogP contribution < -0.4 is 10.6 Å². The number of aliphatic carboxylic acids is 1. The van der Waals surface area contributed by atoms with Crippen LogP contribution in [0.3, 0.4) is 0 Å². The third kappa shape index (κ3) is 6.01. The summed E-state index contributed by atoms with van der Waals surface area (Å²) in [6, 6.07) is 7.62. The van der Waals surface area contributed by atoms with Gasteiger partial charge in [-0.1, -0.05) is 18.2 Å². The van der Waals surface area contributed by atoms with E-state index < -0.39 is 5.97 Å². The number of hydrogen-bond donors (Lipinski definition) is 3. The van der Waals surface area contributed by atoms with Crippen molar-refractivity contribution in [2.75, 3.05) is 12.4 Å². The molecule has 5 nitrogen and oxygen atoms in total. The van der Waals surface area contributed by atoms with Crippen molar-refractivity contribution in [1.29, 1.82) is 0 Å². The first-order valence-corrected chi connectivity index (χ1v) is 6.37. The monoisotopic (exact) mass is 264 g/mol. The summed E-state index contributed by atoms with van der Waals surface area (Å²) in [5.74, 6) is -0.895. The lowest BCUT2D eigenvalue weighted by Gasteiger charge is -2.10. The first kappa shape index (κ1) is 15.2. The van der Waals surface area contributed by atoms with Gasteiger partial charge in [-0.25, -0.2) is 0 Å². The summed E-state index contributed by atoms with van der Waals surface area (Å²) in [4.78, 5) is 22.1. The van der Waals surface area contributed by atoms with Gasteiger partial charge in [0, 0.05) is 25.1 Å². The van der Waals surface area contributed by atoms with Crippen molar-refractivity contribution in [3.8, 4) is 0 Å². The van der Waals surface area contributed by atoms with Gasteiger partial charge in [0.1, 0.15) is 0 Å². The van der Waals surface area contributed by atoms with E-state index in [-0.39, 0.29) is 12.3 Å². The summed E-state index contributed by atoms with van der Waals surface area (Å²) < 4.78 is 0. The molecule has 0 saturated carbocycles. The highest BCUT2D eigenvalue weighted by atomic mass is 16.4. The van der Waals surface area contributed by atoms with Crippen LogP contribution in [0.5, 0.6) is 0 Å². The minimum atomic E-state index is -0.820. The van der Waals surface area contributed by atoms with Crippen LogP contribution in [0.1, 0.15) is 31.2 Å². The van der Waals surface area contributed by atoms with E-state index in [0.29, 0.717) is 25.8 Å². The molecule has 0 aliphatic rings. The number of para-hydroxylation sites is 1. The summed E-state index contributed by atoms with van der Waals surface area (Å²) in [5.41, 5.74) is 1.84. The van der Waals surface area contributed by atoms with Gasteiger partial charge in [-0.2, -0.15) is 0 Å². The van der Waals surface area contributed by atoms with Crippen LogP contribution in [-0.2, 0) is 16.1 Å². The maximum absolute atomic E-state index is 11.7. The largest absolute Gasteiger partial charge is 0.481 e. The normalized spacial score (nSPS) is 10.2. The number of nitrogens with one attached hydrogen (secondary N) is 2. The van der Waals surface area contributed by atoms with E-state index in [4.69, 9.17) is 5.11 Å². The Hall–Kier alpha value is -1.88. The SMILES string of the molecule is CNCc1ccccc1NC(=O)CCCCC(=O)O. The first-order chi connectivity index (χ1) is 9.13. The molecule has 19 heavy (non-hydrogen) atoms. The summed E-state index contributed by atoms with van der Waals surface area (Å²) in [6.45, 7) is 0.690. The molecule has 104 valence electrons. The van der Waals surface area contributed by atoms with Crippen molar-refractivity contribution < 1.29 is 14.7 Å². The molecule has 0 saturated heterocycles. The zero-order valence-electron chi connectivity index (χ0n) is 11.1. The lowest BCUT2D eigenvalue weighted by Crippen LogP contribution is -2.15. The molecular weight excluding hydrogens is 244 g/mol. The number of rotatable bonds is 8. The van der Waals surface area contributed by atoms with Gasteiger partial charge in [0.25, 0.3) is 0 Å². The lowest BCUT2D eigenvalue weighted by atomic mass is 10.1. The number of carbonyl (C=O) groups excluding carboxylic acids is 1. The average molecular weight is 264 g/mol. The zero-order valence-corrected chi connectivity index (χ0v) is 11.1. The van der Waals surface area contributed by atoms with Crippen LogP contribution in [0.2, 0.25) is 0 Å². The van der Waals surface area contributed by atoms with Crippen LogP contribution in [0, 0.1) is 0 Å². The quantitative estimate of drug-likeness (QED) is 0.627. The Bertz CT molecular complexity index is 432. The molecule has 0 fully saturated rings. The number of anilines is 1. The second-order valence-corrected chi connectivity index (χ2v) is 4.34. The highest BCUT2D eigenvalue weighted by Gasteiger charge is 2.06. The number of carbonyl (C=O) groups is 2. The third-order valence-corrected chi connectivity index (χ3v) is 2.70. The second-order valence-electron chi connectivity index (χ2n) is 4.34. The highest BCUT2D eigenvalue weighted by molar-refractivity contribution is 5.91. The van der Waals surface area contributed by atoms with Crippen LogP contribution >= 0.6 is 0 Å². The Labute approximate surface area is 113 Å². The Morgan fingerprint density at radius 2 is 1.84 bits per heavy atom. The standard InChI is InChI=1S/C14H20N2O3/c1-15-10-11-6-2-3-7-12(11)16-13(17)8-4-5-9-14(18)19/h2-3,6-7,15H,4-5,8-10H2,1H3,(H,16,17)(H,18,19). The molecular formula is C14H20N2O3. The van der Waals surface area contributed by atoms with Crippen LogP contribution in [-0.4, -0.2) is 24.0 Å². The van der Waals surface area contributed by atoms with Crippen molar-refractivity contribution in [2.24, 2.45) is 0 Å². The number of benzene rings is 1. The Morgan fingerprint density at radius 3 is 2.53 bits per heavy atom. The number of hydrogen-bond acceptors (Lipinski definition) is 3. The van der Waals surface area contributed by atoms with E-state index in [0.717, 1.165) is 11.3 Å². The Balaban J connectivity index is 2.41. The molecule has 0 heterocycles. The fraction of sp³-hybridized carbons (Fsp3) is 0.429. The molecule has 0 unspecified atom stereocenters. The van der Waals surface area contributed by atoms with E-state index in [1.807, 2.05) is 31.3 Å². The van der Waals surface area contributed by atoms with E-state index in [1.165, 1.54) is 0 Å². The fourth-order valence-corrected chi connectivity index (χ4v) is 1.76. The van der Waals surface area contributed by atoms with Crippen molar-refractivity contribution in [3.05, 3.63) is 29.8 Å². The molecule has 0 bridgehead atoms. The number of amides is 1. The van der Waals surface area contributed by atoms with Crippen LogP contribution in [0.15, 0.2) is 24.3 Å². The van der Waals surface area contributed by atoms with E-state index >= 15 is 0 Å². The summed E-state index contributed by atoms with van der Waals surface area (Å²) in [5, 5.41) is 14.4. The third-order valence-electron chi connectivity index (χ3n) is 2.70. The molecule has 5 heteroatoms. The Kier molecular flexibility index (Phi) is 6.60. The smallest absolute Gasteiger partial charge is 0.303 e.